The third-order valence-electron chi connectivity index (χ3n) is 7.16. The van der Waals surface area contributed by atoms with Gasteiger partial charge in [0.25, 0.3) is 5.91 Å². The highest BCUT2D eigenvalue weighted by atomic mass is 16.7. The van der Waals surface area contributed by atoms with Crippen LogP contribution in [0.2, 0.25) is 0 Å². The maximum absolute atomic E-state index is 13.0. The molecule has 0 saturated carbocycles. The lowest BCUT2D eigenvalue weighted by Crippen LogP contribution is -2.35. The topological polar surface area (TPSA) is 122 Å². The number of carbonyl (C=O) groups is 1. The van der Waals surface area contributed by atoms with Crippen LogP contribution >= 0.6 is 0 Å². The number of amides is 1. The molecule has 0 fully saturated rings. The van der Waals surface area contributed by atoms with Crippen LogP contribution < -0.4 is 29.0 Å². The number of fused-ring (bicyclic) bond motifs is 2. The van der Waals surface area contributed by atoms with Gasteiger partial charge in [-0.15, -0.1) is 5.10 Å². The number of methoxy groups -OCH3 is 3. The van der Waals surface area contributed by atoms with E-state index >= 15 is 0 Å². The molecule has 4 aromatic rings. The number of nitrogens with zero attached hydrogens (tertiary/aromatic N) is 5. The predicted molar refractivity (Wildman–Crippen MR) is 144 cm³/mol. The van der Waals surface area contributed by atoms with Crippen LogP contribution in [0.15, 0.2) is 48.5 Å². The lowest BCUT2D eigenvalue weighted by molar-refractivity contribution is 0.102. The van der Waals surface area contributed by atoms with Crippen molar-refractivity contribution in [1.29, 1.82) is 0 Å². The Kier molecular flexibility index (Phi) is 6.60. The summed E-state index contributed by atoms with van der Waals surface area (Å²) in [4.78, 5) is 15.2. The summed E-state index contributed by atoms with van der Waals surface area (Å²) in [6.45, 7) is 0.944. The number of carbonyl (C=O) groups excluding carboxylic acids is 1. The normalized spacial score (nSPS) is 15.8. The van der Waals surface area contributed by atoms with Crippen LogP contribution in [0, 0.1) is 0 Å². The number of benzene rings is 3. The molecule has 0 radical (unpaired) electrons. The van der Waals surface area contributed by atoms with E-state index in [2.05, 4.69) is 25.7 Å². The van der Waals surface area contributed by atoms with Crippen LogP contribution in [0.1, 0.15) is 33.4 Å². The lowest BCUT2D eigenvalue weighted by Gasteiger charge is -2.34. The highest BCUT2D eigenvalue weighted by Gasteiger charge is 2.37. The molecule has 0 aliphatic carbocycles. The van der Waals surface area contributed by atoms with E-state index < -0.39 is 0 Å². The fraction of sp³-hybridized carbons (Fsp3) is 0.286. The molecule has 3 heterocycles. The van der Waals surface area contributed by atoms with Crippen LogP contribution in [0.4, 0.5) is 5.69 Å². The molecule has 0 unspecified atom stereocenters. The highest BCUT2D eigenvalue weighted by Crippen LogP contribution is 2.50. The van der Waals surface area contributed by atoms with Crippen molar-refractivity contribution in [2.75, 3.05) is 47.0 Å². The van der Waals surface area contributed by atoms with Gasteiger partial charge in [0.2, 0.25) is 12.5 Å². The number of hydrogen-bond acceptors (Lipinski definition) is 10. The Morgan fingerprint density at radius 2 is 1.85 bits per heavy atom. The summed E-state index contributed by atoms with van der Waals surface area (Å²) >= 11 is 0. The Bertz CT molecular complexity index is 1570. The fourth-order valence-corrected chi connectivity index (χ4v) is 5.16. The number of aromatic nitrogens is 4. The fourth-order valence-electron chi connectivity index (χ4n) is 5.16. The van der Waals surface area contributed by atoms with E-state index in [-0.39, 0.29) is 18.7 Å². The zero-order chi connectivity index (χ0) is 27.8. The van der Waals surface area contributed by atoms with Gasteiger partial charge in [-0.1, -0.05) is 0 Å². The van der Waals surface area contributed by atoms with Gasteiger partial charge in [-0.3, -0.25) is 9.69 Å². The van der Waals surface area contributed by atoms with Crippen molar-refractivity contribution in [1.82, 2.24) is 25.1 Å². The Hall–Kier alpha value is -4.84. The molecule has 1 amide bonds. The zero-order valence-corrected chi connectivity index (χ0v) is 22.5. The van der Waals surface area contributed by atoms with Gasteiger partial charge in [0.1, 0.15) is 17.5 Å². The minimum atomic E-state index is -0.297. The van der Waals surface area contributed by atoms with Crippen molar-refractivity contribution < 1.29 is 28.5 Å². The number of anilines is 1. The van der Waals surface area contributed by atoms with Crippen molar-refractivity contribution >= 4 is 11.6 Å². The highest BCUT2D eigenvalue weighted by molar-refractivity contribution is 6.05. The van der Waals surface area contributed by atoms with E-state index in [1.54, 1.807) is 61.4 Å². The molecule has 1 atom stereocenters. The third-order valence-corrected chi connectivity index (χ3v) is 7.16. The molecule has 0 saturated heterocycles. The largest absolute Gasteiger partial charge is 0.497 e. The lowest BCUT2D eigenvalue weighted by atomic mass is 9.90. The molecule has 2 aliphatic heterocycles. The van der Waals surface area contributed by atoms with Crippen molar-refractivity contribution in [3.05, 3.63) is 71.0 Å². The second-order valence-corrected chi connectivity index (χ2v) is 9.37. The predicted octanol–water partition coefficient (Wildman–Crippen LogP) is 3.25. The molecule has 12 nitrogen and oxygen atoms in total. The smallest absolute Gasteiger partial charge is 0.255 e. The number of hydrogen-bond donors (Lipinski definition) is 1. The first kappa shape index (κ1) is 25.4. The Labute approximate surface area is 230 Å². The molecule has 40 heavy (non-hydrogen) atoms. The van der Waals surface area contributed by atoms with Gasteiger partial charge in [0.15, 0.2) is 17.3 Å². The summed E-state index contributed by atoms with van der Waals surface area (Å²) in [5.41, 5.74) is 3.75. The van der Waals surface area contributed by atoms with E-state index in [1.165, 1.54) is 7.11 Å². The van der Waals surface area contributed by atoms with Gasteiger partial charge in [0, 0.05) is 23.7 Å². The SMILES string of the molecule is COc1ccc(NC(=O)c2ccc(-n3nnnc3[C@@H]3c4c(cc5c(c4OC)OCO5)CCN3C)cc2)c(OC)c1. The minimum Gasteiger partial charge on any atom is -0.497 e. The summed E-state index contributed by atoms with van der Waals surface area (Å²) in [5, 5.41) is 15.6. The monoisotopic (exact) mass is 544 g/mol. The van der Waals surface area contributed by atoms with Crippen molar-refractivity contribution in [3.8, 4) is 34.4 Å². The van der Waals surface area contributed by atoms with Gasteiger partial charge >= 0.3 is 0 Å². The van der Waals surface area contributed by atoms with Crippen LogP contribution in [-0.4, -0.2) is 72.7 Å². The van der Waals surface area contributed by atoms with E-state index in [0.29, 0.717) is 51.5 Å². The maximum atomic E-state index is 13.0. The number of ether oxygens (including phenoxy) is 5. The van der Waals surface area contributed by atoms with E-state index in [1.807, 2.05) is 13.1 Å². The Morgan fingerprint density at radius 1 is 1.02 bits per heavy atom. The van der Waals surface area contributed by atoms with Gasteiger partial charge < -0.3 is 29.0 Å². The van der Waals surface area contributed by atoms with E-state index in [0.717, 1.165) is 24.1 Å². The first-order valence-corrected chi connectivity index (χ1v) is 12.6. The standard InChI is InChI=1S/C28H28N6O6/c1-33-12-11-17-13-22-25(40-15-39-22)26(38-4)23(17)24(33)27-30-31-32-34(27)18-7-5-16(6-8-18)28(35)29-20-10-9-19(36-2)14-21(20)37-3/h5-10,13-14,24H,11-12,15H2,1-4H3,(H,29,35)/t24-/m0/s1. The summed E-state index contributed by atoms with van der Waals surface area (Å²) < 4.78 is 29.5. The molecular weight excluding hydrogens is 516 g/mol. The van der Waals surface area contributed by atoms with Gasteiger partial charge in [-0.25, -0.2) is 0 Å². The first-order chi connectivity index (χ1) is 19.5. The molecule has 2 aliphatic rings. The molecule has 6 rings (SSSR count). The van der Waals surface area contributed by atoms with Crippen LogP contribution in [0.25, 0.3) is 5.69 Å². The van der Waals surface area contributed by atoms with Crippen LogP contribution in [-0.2, 0) is 6.42 Å². The Morgan fingerprint density at radius 3 is 2.60 bits per heavy atom. The molecule has 1 aromatic heterocycles. The number of nitrogens with one attached hydrogen (secondary N) is 1. The maximum Gasteiger partial charge on any atom is 0.255 e. The number of tetrazole rings is 1. The summed E-state index contributed by atoms with van der Waals surface area (Å²) in [5.74, 6) is 3.35. The summed E-state index contributed by atoms with van der Waals surface area (Å²) in [7, 11) is 6.76. The molecule has 206 valence electrons. The van der Waals surface area contributed by atoms with Crippen LogP contribution in [0.3, 0.4) is 0 Å². The second kappa shape index (κ2) is 10.4. The average molecular weight is 545 g/mol. The first-order valence-electron chi connectivity index (χ1n) is 12.6. The molecule has 0 spiro atoms. The van der Waals surface area contributed by atoms with Crippen molar-refractivity contribution in [2.45, 2.75) is 12.5 Å². The number of likely N-dealkylation sites (N-methyl/N-ethyl adjacent to an activating group) is 1. The zero-order valence-electron chi connectivity index (χ0n) is 22.5. The average Bonchev–Trinajstić information content (AvgIpc) is 3.66. The van der Waals surface area contributed by atoms with Crippen molar-refractivity contribution in [3.63, 3.8) is 0 Å². The van der Waals surface area contributed by atoms with Crippen LogP contribution in [0.5, 0.6) is 28.7 Å². The summed E-state index contributed by atoms with van der Waals surface area (Å²) in [6, 6.07) is 14.0. The molecule has 1 N–H and O–H groups in total. The molecular formula is C28H28N6O6. The Balaban J connectivity index is 1.30. The summed E-state index contributed by atoms with van der Waals surface area (Å²) in [6.07, 6.45) is 0.819. The quantitative estimate of drug-likeness (QED) is 0.371. The van der Waals surface area contributed by atoms with Gasteiger partial charge in [0.05, 0.1) is 32.7 Å². The molecule has 0 bridgehead atoms. The minimum absolute atomic E-state index is 0.151. The third kappa shape index (κ3) is 4.31. The molecule has 3 aromatic carbocycles. The van der Waals surface area contributed by atoms with Gasteiger partial charge in [-0.2, -0.15) is 4.68 Å². The van der Waals surface area contributed by atoms with E-state index in [4.69, 9.17) is 23.7 Å². The number of rotatable bonds is 7. The van der Waals surface area contributed by atoms with Crippen molar-refractivity contribution in [2.24, 2.45) is 0 Å². The molecule has 12 heteroatoms. The second-order valence-electron chi connectivity index (χ2n) is 9.37. The van der Waals surface area contributed by atoms with Gasteiger partial charge in [-0.05, 0) is 71.9 Å². The van der Waals surface area contributed by atoms with E-state index in [9.17, 15) is 4.79 Å².